The van der Waals surface area contributed by atoms with Gasteiger partial charge >= 0.3 is 7.52 Å². The molecule has 0 saturated carbocycles. The molecule has 1 unspecified atom stereocenters. The number of ether oxygens (including phenoxy) is 1. The molecule has 0 amide bonds. The molecule has 0 aromatic rings. The summed E-state index contributed by atoms with van der Waals surface area (Å²) in [5.41, 5.74) is 0. The van der Waals surface area contributed by atoms with Crippen molar-refractivity contribution in [1.29, 1.82) is 0 Å². The largest absolute Gasteiger partial charge is 0.483 e. The molecule has 0 aliphatic heterocycles. The molecule has 1 atom stereocenters. The van der Waals surface area contributed by atoms with Gasteiger partial charge in [0, 0.05) is 13.8 Å². The van der Waals surface area contributed by atoms with Crippen LogP contribution in [0, 0.1) is 0 Å². The molecule has 0 aliphatic rings. The minimum absolute atomic E-state index is 0.521. The van der Waals surface area contributed by atoms with Gasteiger partial charge in [0.15, 0.2) is 6.40 Å². The monoisotopic (exact) mass is 165 g/mol. The number of hydrogen-bond acceptors (Lipinski definition) is 3. The van der Waals surface area contributed by atoms with Gasteiger partial charge in [0.25, 0.3) is 0 Å². The van der Waals surface area contributed by atoms with Crippen LogP contribution in [0.15, 0.2) is 4.76 Å². The fraction of sp³-hybridized carbons (Fsp3) is 0.800. The Balaban J connectivity index is 3.75. The average molecular weight is 165 g/mol. The van der Waals surface area contributed by atoms with E-state index in [1.807, 2.05) is 6.92 Å². The van der Waals surface area contributed by atoms with E-state index in [0.29, 0.717) is 6.61 Å². The number of hydrogen-bond donors (Lipinski definition) is 0. The smallest absolute Gasteiger partial charge is 0.313 e. The average Bonchev–Trinajstić information content (AvgIpc) is 1.89. The van der Waals surface area contributed by atoms with Gasteiger partial charge in [0.1, 0.15) is 0 Å². The normalized spacial score (nSPS) is 17.1. The van der Waals surface area contributed by atoms with E-state index in [-0.39, 0.29) is 0 Å². The highest BCUT2D eigenvalue weighted by molar-refractivity contribution is 7.56. The second-order valence-corrected chi connectivity index (χ2v) is 3.86. The maximum Gasteiger partial charge on any atom is 0.313 e. The van der Waals surface area contributed by atoms with Gasteiger partial charge < -0.3 is 9.26 Å². The fourth-order valence-electron chi connectivity index (χ4n) is 0.241. The first-order chi connectivity index (χ1) is 4.62. The Labute approximate surface area is 60.8 Å². The first-order valence-corrected chi connectivity index (χ1v) is 4.94. The lowest BCUT2D eigenvalue weighted by atomic mass is 10.9. The van der Waals surface area contributed by atoms with Crippen LogP contribution in [0.1, 0.15) is 6.92 Å². The molecule has 0 rings (SSSR count). The minimum Gasteiger partial charge on any atom is -0.483 e. The zero-order valence-corrected chi connectivity index (χ0v) is 7.30. The van der Waals surface area contributed by atoms with Crippen LogP contribution in [-0.4, -0.2) is 26.8 Å². The van der Waals surface area contributed by atoms with Crippen molar-refractivity contribution >= 4 is 13.9 Å². The Morgan fingerprint density at radius 1 is 1.70 bits per heavy atom. The summed E-state index contributed by atoms with van der Waals surface area (Å²) in [6.45, 7) is 3.76. The molecule has 0 radical (unpaired) electrons. The summed E-state index contributed by atoms with van der Waals surface area (Å²) in [5, 5.41) is 0. The van der Waals surface area contributed by atoms with Gasteiger partial charge in [-0.15, -0.1) is 0 Å². The molecule has 4 nitrogen and oxygen atoms in total. The highest BCUT2D eigenvalue weighted by atomic mass is 31.2. The van der Waals surface area contributed by atoms with Gasteiger partial charge in [-0.2, -0.15) is 4.76 Å². The molecular weight excluding hydrogens is 153 g/mol. The second kappa shape index (κ2) is 4.47. The summed E-state index contributed by atoms with van der Waals surface area (Å²) in [5.74, 6) is 0. The Hall–Kier alpha value is -0.340. The molecular formula is C5H12NO3P. The van der Waals surface area contributed by atoms with Crippen molar-refractivity contribution in [3.63, 3.8) is 0 Å². The van der Waals surface area contributed by atoms with E-state index in [0.717, 1.165) is 6.40 Å². The molecule has 0 aromatic carbocycles. The van der Waals surface area contributed by atoms with Crippen LogP contribution in [-0.2, 0) is 13.8 Å². The highest BCUT2D eigenvalue weighted by Gasteiger charge is 2.08. The summed E-state index contributed by atoms with van der Waals surface area (Å²) in [7, 11) is -1.41. The van der Waals surface area contributed by atoms with Crippen molar-refractivity contribution in [2.45, 2.75) is 6.92 Å². The van der Waals surface area contributed by atoms with E-state index >= 15 is 0 Å². The lowest BCUT2D eigenvalue weighted by Gasteiger charge is -2.01. The molecule has 0 heterocycles. The SMILES string of the molecule is CCO/C=N/P(C)(=O)OC. The van der Waals surface area contributed by atoms with E-state index in [1.165, 1.54) is 13.8 Å². The molecule has 0 N–H and O–H groups in total. The van der Waals surface area contributed by atoms with Crippen molar-refractivity contribution in [3.8, 4) is 0 Å². The van der Waals surface area contributed by atoms with Crippen LogP contribution in [0.5, 0.6) is 0 Å². The van der Waals surface area contributed by atoms with Crippen LogP contribution in [0.25, 0.3) is 0 Å². The fourth-order valence-corrected chi connectivity index (χ4v) is 0.573. The molecule has 0 aromatic heterocycles. The predicted molar refractivity (Wildman–Crippen MR) is 40.7 cm³/mol. The zero-order chi connectivity index (χ0) is 8.04. The third kappa shape index (κ3) is 4.53. The number of rotatable bonds is 4. The summed E-state index contributed by atoms with van der Waals surface area (Å²) < 4.78 is 23.8. The maximum absolute atomic E-state index is 11.0. The van der Waals surface area contributed by atoms with Gasteiger partial charge in [-0.25, -0.2) is 0 Å². The Bertz CT molecular complexity index is 157. The zero-order valence-electron chi connectivity index (χ0n) is 6.40. The molecule has 0 aliphatic carbocycles. The Morgan fingerprint density at radius 3 is 2.70 bits per heavy atom. The molecule has 60 valence electrons. The summed E-state index contributed by atoms with van der Waals surface area (Å²) in [6.07, 6.45) is 1.16. The lowest BCUT2D eigenvalue weighted by molar-refractivity contribution is 0.342. The quantitative estimate of drug-likeness (QED) is 0.360. The van der Waals surface area contributed by atoms with Crippen molar-refractivity contribution in [2.75, 3.05) is 20.4 Å². The van der Waals surface area contributed by atoms with Crippen LogP contribution in [0.2, 0.25) is 0 Å². The molecule has 0 bridgehead atoms. The Kier molecular flexibility index (Phi) is 4.32. The van der Waals surface area contributed by atoms with Crippen LogP contribution < -0.4 is 0 Å². The first kappa shape index (κ1) is 9.66. The maximum atomic E-state index is 11.0. The molecule has 0 spiro atoms. The molecule has 10 heavy (non-hydrogen) atoms. The third-order valence-electron chi connectivity index (χ3n) is 0.837. The standard InChI is InChI=1S/C5H12NO3P/c1-4-9-5-6-10(3,7)8-2/h5H,4H2,1-3H3/b6-5+. The van der Waals surface area contributed by atoms with Crippen molar-refractivity contribution in [3.05, 3.63) is 0 Å². The van der Waals surface area contributed by atoms with E-state index in [1.54, 1.807) is 0 Å². The van der Waals surface area contributed by atoms with Crippen molar-refractivity contribution in [1.82, 2.24) is 0 Å². The first-order valence-electron chi connectivity index (χ1n) is 2.91. The van der Waals surface area contributed by atoms with Gasteiger partial charge in [-0.3, -0.25) is 4.57 Å². The van der Waals surface area contributed by atoms with Crippen LogP contribution in [0.4, 0.5) is 0 Å². The van der Waals surface area contributed by atoms with Crippen molar-refractivity contribution in [2.24, 2.45) is 4.76 Å². The Morgan fingerprint density at radius 2 is 2.30 bits per heavy atom. The molecule has 0 fully saturated rings. The highest BCUT2D eigenvalue weighted by Crippen LogP contribution is 2.42. The van der Waals surface area contributed by atoms with E-state index < -0.39 is 7.52 Å². The van der Waals surface area contributed by atoms with Gasteiger partial charge in [-0.1, -0.05) is 0 Å². The van der Waals surface area contributed by atoms with Crippen LogP contribution >= 0.6 is 7.52 Å². The van der Waals surface area contributed by atoms with E-state index in [4.69, 9.17) is 4.74 Å². The van der Waals surface area contributed by atoms with E-state index in [9.17, 15) is 4.57 Å². The van der Waals surface area contributed by atoms with Crippen molar-refractivity contribution < 1.29 is 13.8 Å². The summed E-state index contributed by atoms with van der Waals surface area (Å²) in [4.78, 5) is 0. The van der Waals surface area contributed by atoms with Gasteiger partial charge in [0.2, 0.25) is 0 Å². The predicted octanol–water partition coefficient (Wildman–Crippen LogP) is 1.52. The van der Waals surface area contributed by atoms with Gasteiger partial charge in [0.05, 0.1) is 6.61 Å². The summed E-state index contributed by atoms with van der Waals surface area (Å²) in [6, 6.07) is 0. The third-order valence-corrected chi connectivity index (χ3v) is 2.03. The number of nitrogens with zero attached hydrogens (tertiary/aromatic N) is 1. The lowest BCUT2D eigenvalue weighted by Crippen LogP contribution is -1.86. The van der Waals surface area contributed by atoms with E-state index in [2.05, 4.69) is 9.29 Å². The summed E-state index contributed by atoms with van der Waals surface area (Å²) >= 11 is 0. The van der Waals surface area contributed by atoms with Gasteiger partial charge in [-0.05, 0) is 6.92 Å². The second-order valence-electron chi connectivity index (χ2n) is 1.66. The molecule has 5 heteroatoms. The minimum atomic E-state index is -2.76. The van der Waals surface area contributed by atoms with Crippen LogP contribution in [0.3, 0.4) is 0 Å². The molecule has 0 saturated heterocycles. The topological polar surface area (TPSA) is 47.9 Å².